The van der Waals surface area contributed by atoms with Crippen molar-refractivity contribution in [2.75, 3.05) is 112 Å². The SMILES string of the molecule is COc1ccc(CN2C[C@H]3C[C@H](c4cnc5ccccc5c4)N4C(=O)N(CCN5CCOCC5)C(=O)[C@]34C2)cc1O.O=C1N(CCN2CCOCC2)C(=O)[C@]23CNC[C@H]2C[C@H](c2cnc4ccccc4c2)N13. The highest BCUT2D eigenvalue weighted by Gasteiger charge is 2.71. The third-order valence-corrected chi connectivity index (χ3v) is 16.8. The number of phenols is 1. The number of nitrogens with zero attached hydrogens (tertiary/aromatic N) is 9. The lowest BCUT2D eigenvalue weighted by Gasteiger charge is -2.32. The van der Waals surface area contributed by atoms with Gasteiger partial charge in [-0.1, -0.05) is 42.5 Å². The average molecular weight is 979 g/mol. The lowest BCUT2D eigenvalue weighted by atomic mass is 9.87. The zero-order chi connectivity index (χ0) is 49.1. The molecule has 72 heavy (non-hydrogen) atoms. The van der Waals surface area contributed by atoms with E-state index in [4.69, 9.17) is 14.2 Å². The van der Waals surface area contributed by atoms with Crippen molar-refractivity contribution < 1.29 is 38.5 Å². The van der Waals surface area contributed by atoms with Crippen molar-refractivity contribution in [3.05, 3.63) is 108 Å². The molecule has 0 bridgehead atoms. The molecule has 0 radical (unpaired) electrons. The van der Waals surface area contributed by atoms with E-state index >= 15 is 0 Å². The minimum atomic E-state index is -0.910. The third-order valence-electron chi connectivity index (χ3n) is 16.8. The van der Waals surface area contributed by atoms with Crippen molar-refractivity contribution in [1.82, 2.24) is 49.6 Å². The molecule has 0 saturated carbocycles. The summed E-state index contributed by atoms with van der Waals surface area (Å²) in [6, 6.07) is 25.0. The number of rotatable bonds is 11. The minimum absolute atomic E-state index is 0.00403. The summed E-state index contributed by atoms with van der Waals surface area (Å²) in [5, 5.41) is 15.8. The highest BCUT2D eigenvalue weighted by atomic mass is 16.5. The summed E-state index contributed by atoms with van der Waals surface area (Å²) in [5.74, 6) is 0.532. The number of urea groups is 2. The van der Waals surface area contributed by atoms with Gasteiger partial charge in [0, 0.05) is 120 Å². The van der Waals surface area contributed by atoms with Crippen molar-refractivity contribution in [3.63, 3.8) is 0 Å². The number of para-hydroxylation sites is 2. The molecule has 8 aliphatic heterocycles. The van der Waals surface area contributed by atoms with E-state index in [0.29, 0.717) is 91.0 Å². The van der Waals surface area contributed by atoms with Crippen LogP contribution in [0, 0.1) is 11.8 Å². The van der Waals surface area contributed by atoms with Gasteiger partial charge in [-0.15, -0.1) is 0 Å². The first-order valence-electron chi connectivity index (χ1n) is 25.6. The Morgan fingerprint density at radius 1 is 0.667 bits per heavy atom. The highest BCUT2D eigenvalue weighted by Crippen LogP contribution is 2.56. The van der Waals surface area contributed by atoms with Crippen LogP contribution in [-0.4, -0.2) is 196 Å². The number of likely N-dealkylation sites (tertiary alicyclic amines) is 1. The van der Waals surface area contributed by atoms with Crippen LogP contribution < -0.4 is 10.1 Å². The number of aromatic hydroxyl groups is 1. The molecule has 6 amide bonds. The molecule has 3 aromatic carbocycles. The van der Waals surface area contributed by atoms with Gasteiger partial charge in [-0.3, -0.25) is 44.1 Å². The van der Waals surface area contributed by atoms with E-state index in [-0.39, 0.29) is 53.5 Å². The fraction of sp³-hybridized carbons (Fsp3) is 0.481. The number of carbonyl (C=O) groups is 4. The first kappa shape index (κ1) is 46.8. The van der Waals surface area contributed by atoms with Crippen molar-refractivity contribution in [2.24, 2.45) is 11.8 Å². The molecule has 2 N–H and O–H groups in total. The predicted molar refractivity (Wildman–Crippen MR) is 266 cm³/mol. The lowest BCUT2D eigenvalue weighted by molar-refractivity contribution is -0.134. The Labute approximate surface area is 418 Å². The number of benzene rings is 3. The quantitative estimate of drug-likeness (QED) is 0.181. The van der Waals surface area contributed by atoms with Gasteiger partial charge in [0.2, 0.25) is 0 Å². The number of fused-ring (bicyclic) bond motifs is 2. The molecule has 2 spiro atoms. The van der Waals surface area contributed by atoms with Crippen LogP contribution in [-0.2, 0) is 25.6 Å². The standard InChI is InChI=1S/C31H35N5O5.C23H27N5O3/c1-40-28-7-6-21(14-27(28)37)18-34-19-24-16-26(23-15-22-4-2-3-5-25(22)32-17-23)36-30(39)35(29(38)31(24,36)20-34)9-8-33-10-12-41-13-11-33;29-21-23-15-24-14-18(23)12-20(17-11-16-3-1-2-4-19(16)25-13-17)28(23)22(30)27(21)6-5-26-7-9-31-10-8-26/h2-7,14-15,17,24,26,37H,8-13,16,18-20H2,1H3;1-4,11,13,18,20,24H,5-10,12,14-15H2/t24-,26-,31+;18-,20-,23+/m11/s1. The molecule has 376 valence electrons. The maximum absolute atomic E-state index is 14.3. The summed E-state index contributed by atoms with van der Waals surface area (Å²) in [5.41, 5.74) is 3.11. The van der Waals surface area contributed by atoms with Crippen LogP contribution in [0.15, 0.2) is 91.3 Å². The van der Waals surface area contributed by atoms with Crippen LogP contribution in [0.5, 0.6) is 11.5 Å². The monoisotopic (exact) mass is 978 g/mol. The molecular formula is C54H62N10O8. The number of imide groups is 2. The van der Waals surface area contributed by atoms with Gasteiger partial charge in [0.1, 0.15) is 11.1 Å². The molecule has 2 aromatic heterocycles. The van der Waals surface area contributed by atoms with E-state index in [9.17, 15) is 24.3 Å². The molecule has 0 aliphatic carbocycles. The maximum atomic E-state index is 14.3. The average Bonchev–Trinajstić information content (AvgIpc) is 4.22. The summed E-state index contributed by atoms with van der Waals surface area (Å²) in [4.78, 5) is 78.5. The van der Waals surface area contributed by atoms with Crippen LogP contribution >= 0.6 is 0 Å². The smallest absolute Gasteiger partial charge is 0.328 e. The first-order valence-corrected chi connectivity index (χ1v) is 25.6. The first-order chi connectivity index (χ1) is 35.2. The second kappa shape index (κ2) is 19.0. The number of hydrogen-bond donors (Lipinski definition) is 2. The molecule has 13 rings (SSSR count). The van der Waals surface area contributed by atoms with E-state index in [1.807, 2.05) is 76.8 Å². The van der Waals surface area contributed by atoms with Gasteiger partial charge in [-0.2, -0.15) is 0 Å². The number of hydrogen-bond acceptors (Lipinski definition) is 14. The molecular weight excluding hydrogens is 917 g/mol. The summed E-state index contributed by atoms with van der Waals surface area (Å²) >= 11 is 0. The third kappa shape index (κ3) is 7.85. The number of morpholine rings is 2. The van der Waals surface area contributed by atoms with E-state index in [2.05, 4.69) is 42.1 Å². The normalized spacial score (nSPS) is 28.5. The molecule has 8 aliphatic rings. The highest BCUT2D eigenvalue weighted by molar-refractivity contribution is 6.09. The summed E-state index contributed by atoms with van der Waals surface area (Å²) in [6.45, 7) is 11.3. The van der Waals surface area contributed by atoms with Gasteiger partial charge in [-0.25, -0.2) is 9.59 Å². The number of methoxy groups -OCH3 is 1. The molecule has 10 heterocycles. The zero-order valence-electron chi connectivity index (χ0n) is 40.7. The summed E-state index contributed by atoms with van der Waals surface area (Å²) in [7, 11) is 1.53. The van der Waals surface area contributed by atoms with Crippen LogP contribution in [0.1, 0.15) is 41.6 Å². The van der Waals surface area contributed by atoms with Crippen molar-refractivity contribution in [1.29, 1.82) is 0 Å². The van der Waals surface area contributed by atoms with Gasteiger partial charge in [0.05, 0.1) is 56.7 Å². The Morgan fingerprint density at radius 3 is 1.78 bits per heavy atom. The van der Waals surface area contributed by atoms with E-state index in [0.717, 1.165) is 77.6 Å². The second-order valence-corrected chi connectivity index (χ2v) is 20.6. The second-order valence-electron chi connectivity index (χ2n) is 20.6. The fourth-order valence-electron chi connectivity index (χ4n) is 13.2. The number of carbonyl (C=O) groups excluding carboxylic acids is 4. The van der Waals surface area contributed by atoms with Gasteiger partial charge in [0.25, 0.3) is 11.8 Å². The number of ether oxygens (including phenoxy) is 3. The van der Waals surface area contributed by atoms with Gasteiger partial charge >= 0.3 is 12.1 Å². The Balaban J connectivity index is 0.000000153. The van der Waals surface area contributed by atoms with Gasteiger partial charge in [-0.05, 0) is 65.9 Å². The fourth-order valence-corrected chi connectivity index (χ4v) is 13.2. The number of pyridine rings is 2. The molecule has 8 saturated heterocycles. The van der Waals surface area contributed by atoms with Crippen molar-refractivity contribution in [2.45, 2.75) is 42.5 Å². The van der Waals surface area contributed by atoms with Crippen molar-refractivity contribution in [3.8, 4) is 11.5 Å². The molecule has 5 aromatic rings. The van der Waals surface area contributed by atoms with Crippen LogP contribution in [0.4, 0.5) is 9.59 Å². The molecule has 6 atom stereocenters. The van der Waals surface area contributed by atoms with Gasteiger partial charge < -0.3 is 34.4 Å². The minimum Gasteiger partial charge on any atom is -0.504 e. The van der Waals surface area contributed by atoms with Gasteiger partial charge in [0.15, 0.2) is 11.5 Å². The van der Waals surface area contributed by atoms with Crippen molar-refractivity contribution >= 4 is 45.7 Å². The summed E-state index contributed by atoms with van der Waals surface area (Å²) in [6.07, 6.45) is 5.25. The topological polar surface area (TPSA) is 177 Å². The maximum Gasteiger partial charge on any atom is 0.328 e. The Bertz CT molecular complexity index is 2910. The largest absolute Gasteiger partial charge is 0.504 e. The summed E-state index contributed by atoms with van der Waals surface area (Å²) < 4.78 is 16.1. The number of phenolic OH excluding ortho intramolecular Hbond substituents is 1. The predicted octanol–water partition coefficient (Wildman–Crippen LogP) is 4.10. The van der Waals surface area contributed by atoms with Crippen LogP contribution in [0.3, 0.4) is 0 Å². The van der Waals surface area contributed by atoms with E-state index in [1.165, 1.54) is 16.9 Å². The Hall–Kier alpha value is -6.28. The lowest BCUT2D eigenvalue weighted by Crippen LogP contribution is -2.51. The molecule has 0 unspecified atom stereocenters. The number of nitrogens with one attached hydrogen (secondary N) is 1. The Morgan fingerprint density at radius 2 is 1.21 bits per heavy atom. The van der Waals surface area contributed by atoms with Crippen LogP contribution in [0.2, 0.25) is 0 Å². The zero-order valence-corrected chi connectivity index (χ0v) is 40.7. The molecule has 8 fully saturated rings. The van der Waals surface area contributed by atoms with E-state index in [1.54, 1.807) is 12.1 Å². The van der Waals surface area contributed by atoms with E-state index < -0.39 is 11.1 Å². The Kier molecular flexibility index (Phi) is 12.3. The number of aromatic nitrogens is 2. The van der Waals surface area contributed by atoms with Crippen LogP contribution in [0.25, 0.3) is 21.8 Å². The molecule has 18 nitrogen and oxygen atoms in total. The molecule has 18 heteroatoms. The number of amides is 6.